The van der Waals surface area contributed by atoms with Gasteiger partial charge in [-0.05, 0) is 62.2 Å². The van der Waals surface area contributed by atoms with Gasteiger partial charge in [0.1, 0.15) is 11.4 Å². The molecule has 14 heteroatoms. The molecule has 5 rings (SSSR count). The Balaban J connectivity index is 1.43. The SMILES string of the molecule is Nc1ncc(C2c3nc(N)[nH]c3C[C@H](CNC(=O)c3cc(Br)c[nH]3)[C@H]2CNC(=O)c2cc(Br)c[nH]2)[nH]1. The highest BCUT2D eigenvalue weighted by molar-refractivity contribution is 9.10. The minimum atomic E-state index is -0.288. The number of amides is 2. The number of nitrogens with one attached hydrogen (secondary N) is 6. The molecule has 1 unspecified atom stereocenters. The number of H-pyrrole nitrogens is 4. The molecule has 4 aromatic heterocycles. The average Bonchev–Trinajstić information content (AvgIpc) is 3.63. The summed E-state index contributed by atoms with van der Waals surface area (Å²) in [5.41, 5.74) is 15.2. The molecule has 0 spiro atoms. The minimum Gasteiger partial charge on any atom is -0.369 e. The normalized spacial score (nSPS) is 19.1. The van der Waals surface area contributed by atoms with Gasteiger partial charge in [0.15, 0.2) is 11.9 Å². The third-order valence-electron chi connectivity index (χ3n) is 6.38. The lowest BCUT2D eigenvalue weighted by molar-refractivity contribution is 0.0906. The molecule has 2 amide bonds. The van der Waals surface area contributed by atoms with Gasteiger partial charge in [0.2, 0.25) is 0 Å². The van der Waals surface area contributed by atoms with Gasteiger partial charge in [-0.25, -0.2) is 9.97 Å². The number of imidazole rings is 2. The maximum absolute atomic E-state index is 12.8. The van der Waals surface area contributed by atoms with Gasteiger partial charge in [-0.3, -0.25) is 9.59 Å². The number of rotatable bonds is 7. The Morgan fingerprint density at radius 1 is 0.972 bits per heavy atom. The van der Waals surface area contributed by atoms with Crippen LogP contribution in [0.15, 0.2) is 39.7 Å². The Morgan fingerprint density at radius 3 is 2.17 bits per heavy atom. The van der Waals surface area contributed by atoms with Crippen LogP contribution in [0, 0.1) is 11.8 Å². The quantitative estimate of drug-likeness (QED) is 0.156. The van der Waals surface area contributed by atoms with Gasteiger partial charge in [-0.1, -0.05) is 0 Å². The van der Waals surface area contributed by atoms with Gasteiger partial charge in [0, 0.05) is 51.7 Å². The third-order valence-corrected chi connectivity index (χ3v) is 7.30. The molecule has 0 bridgehead atoms. The topological polar surface area (TPSA) is 199 Å². The van der Waals surface area contributed by atoms with Crippen LogP contribution in [0.2, 0.25) is 0 Å². The van der Waals surface area contributed by atoms with E-state index in [0.717, 1.165) is 26.0 Å². The molecule has 1 aliphatic rings. The number of aromatic amines is 4. The number of aromatic nitrogens is 6. The summed E-state index contributed by atoms with van der Waals surface area (Å²) in [6.07, 6.45) is 5.65. The van der Waals surface area contributed by atoms with Crippen LogP contribution in [0.25, 0.3) is 0 Å². The summed E-state index contributed by atoms with van der Waals surface area (Å²) >= 11 is 6.70. The first kappa shape index (κ1) is 24.2. The smallest absolute Gasteiger partial charge is 0.267 e. The van der Waals surface area contributed by atoms with Crippen molar-refractivity contribution >= 4 is 55.6 Å². The minimum absolute atomic E-state index is 0.0649. The van der Waals surface area contributed by atoms with Crippen molar-refractivity contribution < 1.29 is 9.59 Å². The number of hydrogen-bond acceptors (Lipinski definition) is 6. The van der Waals surface area contributed by atoms with Crippen LogP contribution in [0.5, 0.6) is 0 Å². The summed E-state index contributed by atoms with van der Waals surface area (Å²) in [6, 6.07) is 3.42. The van der Waals surface area contributed by atoms with Gasteiger partial charge in [-0.2, -0.15) is 0 Å². The maximum Gasteiger partial charge on any atom is 0.267 e. The van der Waals surface area contributed by atoms with E-state index in [9.17, 15) is 9.59 Å². The van der Waals surface area contributed by atoms with Crippen LogP contribution in [0.4, 0.5) is 11.9 Å². The van der Waals surface area contributed by atoms with Crippen molar-refractivity contribution in [3.05, 3.63) is 68.1 Å². The summed E-state index contributed by atoms with van der Waals surface area (Å²) in [5.74, 6) is -0.390. The van der Waals surface area contributed by atoms with E-state index in [0.29, 0.717) is 36.8 Å². The number of carbonyl (C=O) groups excluding carboxylic acids is 2. The molecule has 0 radical (unpaired) electrons. The second-order valence-electron chi connectivity index (χ2n) is 8.70. The Morgan fingerprint density at radius 2 is 1.61 bits per heavy atom. The van der Waals surface area contributed by atoms with E-state index in [4.69, 9.17) is 11.5 Å². The van der Waals surface area contributed by atoms with E-state index >= 15 is 0 Å². The summed E-state index contributed by atoms with van der Waals surface area (Å²) in [7, 11) is 0. The highest BCUT2D eigenvalue weighted by Crippen LogP contribution is 2.42. The summed E-state index contributed by atoms with van der Waals surface area (Å²) in [4.78, 5) is 46.4. The van der Waals surface area contributed by atoms with E-state index in [1.807, 2.05) is 0 Å². The number of hydrogen-bond donors (Lipinski definition) is 8. The first-order valence-corrected chi connectivity index (χ1v) is 12.8. The molecule has 0 fully saturated rings. The maximum atomic E-state index is 12.8. The fourth-order valence-electron chi connectivity index (χ4n) is 4.76. The molecule has 0 aliphatic heterocycles. The molecular weight excluding hydrogens is 596 g/mol. The van der Waals surface area contributed by atoms with E-state index in [1.54, 1.807) is 30.7 Å². The number of nitrogen functional groups attached to an aromatic ring is 2. The van der Waals surface area contributed by atoms with E-state index in [-0.39, 0.29) is 35.5 Å². The van der Waals surface area contributed by atoms with Gasteiger partial charge in [0.05, 0.1) is 11.9 Å². The zero-order valence-corrected chi connectivity index (χ0v) is 22.0. The summed E-state index contributed by atoms with van der Waals surface area (Å²) in [6.45, 7) is 0.683. The summed E-state index contributed by atoms with van der Waals surface area (Å²) in [5, 5.41) is 6.05. The second-order valence-corrected chi connectivity index (χ2v) is 10.5. The Bertz CT molecular complexity index is 1400. The lowest BCUT2D eigenvalue weighted by Gasteiger charge is -2.37. The molecule has 0 saturated heterocycles. The van der Waals surface area contributed by atoms with Crippen molar-refractivity contribution in [2.45, 2.75) is 12.3 Å². The van der Waals surface area contributed by atoms with Crippen LogP contribution in [0.3, 0.4) is 0 Å². The van der Waals surface area contributed by atoms with Gasteiger partial charge in [0.25, 0.3) is 11.8 Å². The van der Waals surface area contributed by atoms with Crippen molar-refractivity contribution in [1.82, 2.24) is 40.5 Å². The number of nitrogens with two attached hydrogens (primary N) is 2. The molecule has 10 N–H and O–H groups in total. The summed E-state index contributed by atoms with van der Waals surface area (Å²) < 4.78 is 1.57. The zero-order valence-electron chi connectivity index (χ0n) is 18.9. The Labute approximate surface area is 222 Å². The number of anilines is 2. The van der Waals surface area contributed by atoms with Crippen LogP contribution >= 0.6 is 31.9 Å². The number of fused-ring (bicyclic) bond motifs is 1. The molecular formula is C22H24Br2N10O2. The molecule has 4 heterocycles. The van der Waals surface area contributed by atoms with Crippen LogP contribution in [-0.4, -0.2) is 54.8 Å². The molecule has 12 nitrogen and oxygen atoms in total. The van der Waals surface area contributed by atoms with E-state index < -0.39 is 0 Å². The first-order valence-electron chi connectivity index (χ1n) is 11.2. The largest absolute Gasteiger partial charge is 0.369 e. The second kappa shape index (κ2) is 9.85. The lowest BCUT2D eigenvalue weighted by Crippen LogP contribution is -2.44. The molecule has 36 heavy (non-hydrogen) atoms. The molecule has 1 aliphatic carbocycles. The highest BCUT2D eigenvalue weighted by Gasteiger charge is 2.41. The van der Waals surface area contributed by atoms with Crippen LogP contribution in [-0.2, 0) is 6.42 Å². The Hall–Kier alpha value is -3.52. The fourth-order valence-corrected chi connectivity index (χ4v) is 5.45. The highest BCUT2D eigenvalue weighted by atomic mass is 79.9. The van der Waals surface area contributed by atoms with Crippen LogP contribution < -0.4 is 22.1 Å². The van der Waals surface area contributed by atoms with Crippen molar-refractivity contribution in [2.24, 2.45) is 11.8 Å². The van der Waals surface area contributed by atoms with Crippen LogP contribution in [0.1, 0.15) is 44.0 Å². The van der Waals surface area contributed by atoms with Crippen molar-refractivity contribution in [3.8, 4) is 0 Å². The lowest BCUT2D eigenvalue weighted by atomic mass is 9.71. The zero-order chi connectivity index (χ0) is 25.4. The number of nitrogens with zero attached hydrogens (tertiary/aromatic N) is 2. The van der Waals surface area contributed by atoms with Crippen molar-refractivity contribution in [2.75, 3.05) is 24.6 Å². The third kappa shape index (κ3) is 4.91. The standard InChI is InChI=1S/C22H24Br2N10O2/c23-10-2-14(27-5-10)19(35)29-4-9-1-13-18(34-22(26)32-13)17(16-8-31-21(25)33-16)12(9)7-30-20(36)15-3-11(24)6-28-15/h2-3,5-6,8-9,12,17,27-28H,1,4,7H2,(H,29,35)(H,30,36)(H3,25,31,33)(H3,26,32,34)/t9-,12-,17?/m1/s1. The van der Waals surface area contributed by atoms with Gasteiger partial charge < -0.3 is 42.0 Å². The molecule has 0 saturated carbocycles. The molecule has 4 aromatic rings. The van der Waals surface area contributed by atoms with Gasteiger partial charge in [-0.15, -0.1) is 0 Å². The first-order chi connectivity index (χ1) is 17.3. The predicted octanol–water partition coefficient (Wildman–Crippen LogP) is 2.26. The molecule has 188 valence electrons. The van der Waals surface area contributed by atoms with Gasteiger partial charge >= 0.3 is 0 Å². The fraction of sp³-hybridized carbons (Fsp3) is 0.273. The molecule has 0 aromatic carbocycles. The number of carbonyl (C=O) groups is 2. The average molecular weight is 620 g/mol. The van der Waals surface area contributed by atoms with E-state index in [1.165, 1.54) is 0 Å². The van der Waals surface area contributed by atoms with E-state index in [2.05, 4.69) is 72.4 Å². The van der Waals surface area contributed by atoms with Crippen molar-refractivity contribution in [3.63, 3.8) is 0 Å². The van der Waals surface area contributed by atoms with Crippen molar-refractivity contribution in [1.29, 1.82) is 0 Å². The number of halogens is 2. The Kier molecular flexibility index (Phi) is 6.62. The molecule has 3 atom stereocenters. The predicted molar refractivity (Wildman–Crippen MR) is 140 cm³/mol. The monoisotopic (exact) mass is 618 g/mol.